The minimum atomic E-state index is -0.839. The van der Waals surface area contributed by atoms with Gasteiger partial charge in [0, 0.05) is 29.8 Å². The largest absolute Gasteiger partial charge is 0.504 e. The molecule has 0 spiro atoms. The summed E-state index contributed by atoms with van der Waals surface area (Å²) in [4.78, 5) is 11.0. The van der Waals surface area contributed by atoms with E-state index in [9.17, 15) is 14.3 Å². The van der Waals surface area contributed by atoms with Gasteiger partial charge in [-0.2, -0.15) is 5.10 Å². The molecule has 2 heterocycles. The first-order chi connectivity index (χ1) is 12.7. The SMILES string of the molecule is O=Cc1cc(-c2cnn(-c3ccc(-n4cccc4)cc3)c2)cc(F)c1O. The standard InChI is InChI=1S/C20H14FN3O2/c21-19-10-14(9-15(13-25)20(19)26)16-11-22-24(12-16)18-5-3-17(4-6-18)23-7-1-2-8-23/h1-13,26H. The van der Waals surface area contributed by atoms with Crippen molar-refractivity contribution in [1.82, 2.24) is 14.3 Å². The highest BCUT2D eigenvalue weighted by molar-refractivity contribution is 5.82. The Labute approximate surface area is 148 Å². The van der Waals surface area contributed by atoms with E-state index in [4.69, 9.17) is 0 Å². The van der Waals surface area contributed by atoms with Crippen LogP contribution in [0.3, 0.4) is 0 Å². The fourth-order valence-corrected chi connectivity index (χ4v) is 2.77. The number of hydrogen-bond acceptors (Lipinski definition) is 3. The summed E-state index contributed by atoms with van der Waals surface area (Å²) in [5.74, 6) is -1.48. The first kappa shape index (κ1) is 15.8. The van der Waals surface area contributed by atoms with Crippen molar-refractivity contribution in [3.05, 3.63) is 84.7 Å². The number of phenols is 1. The molecule has 26 heavy (non-hydrogen) atoms. The molecule has 2 aromatic carbocycles. The Morgan fingerprint density at radius 1 is 1.00 bits per heavy atom. The zero-order valence-corrected chi connectivity index (χ0v) is 13.6. The number of rotatable bonds is 4. The van der Waals surface area contributed by atoms with E-state index in [-0.39, 0.29) is 5.56 Å². The van der Waals surface area contributed by atoms with E-state index >= 15 is 0 Å². The van der Waals surface area contributed by atoms with E-state index in [1.807, 2.05) is 53.4 Å². The monoisotopic (exact) mass is 347 g/mol. The van der Waals surface area contributed by atoms with Gasteiger partial charge in [-0.3, -0.25) is 4.79 Å². The fourth-order valence-electron chi connectivity index (χ4n) is 2.77. The van der Waals surface area contributed by atoms with Crippen molar-refractivity contribution in [1.29, 1.82) is 0 Å². The topological polar surface area (TPSA) is 60.0 Å². The molecule has 0 amide bonds. The lowest BCUT2D eigenvalue weighted by Gasteiger charge is -2.05. The molecule has 0 unspecified atom stereocenters. The molecule has 6 heteroatoms. The van der Waals surface area contributed by atoms with Crippen LogP contribution in [0, 0.1) is 5.82 Å². The number of aldehydes is 1. The van der Waals surface area contributed by atoms with Crippen LogP contribution in [0.1, 0.15) is 10.4 Å². The Kier molecular flexibility index (Phi) is 3.85. The second-order valence-electron chi connectivity index (χ2n) is 5.79. The van der Waals surface area contributed by atoms with E-state index in [2.05, 4.69) is 5.10 Å². The van der Waals surface area contributed by atoms with Crippen LogP contribution in [0.5, 0.6) is 5.75 Å². The van der Waals surface area contributed by atoms with Crippen LogP contribution in [0.2, 0.25) is 0 Å². The Balaban J connectivity index is 1.66. The molecule has 0 atom stereocenters. The number of benzene rings is 2. The molecule has 4 aromatic rings. The van der Waals surface area contributed by atoms with Crippen LogP contribution in [-0.4, -0.2) is 25.7 Å². The van der Waals surface area contributed by atoms with E-state index in [1.165, 1.54) is 12.1 Å². The van der Waals surface area contributed by atoms with Gasteiger partial charge in [-0.25, -0.2) is 9.07 Å². The van der Waals surface area contributed by atoms with Gasteiger partial charge in [-0.1, -0.05) is 0 Å². The second-order valence-corrected chi connectivity index (χ2v) is 5.79. The Morgan fingerprint density at radius 3 is 2.38 bits per heavy atom. The molecule has 4 rings (SSSR count). The highest BCUT2D eigenvalue weighted by Gasteiger charge is 2.12. The number of halogens is 1. The molecule has 0 aliphatic heterocycles. The lowest BCUT2D eigenvalue weighted by molar-refractivity contribution is 0.112. The highest BCUT2D eigenvalue weighted by atomic mass is 19.1. The average molecular weight is 347 g/mol. The van der Waals surface area contributed by atoms with Gasteiger partial charge in [0.1, 0.15) is 0 Å². The van der Waals surface area contributed by atoms with Crippen molar-refractivity contribution >= 4 is 6.29 Å². The lowest BCUT2D eigenvalue weighted by atomic mass is 10.1. The van der Waals surface area contributed by atoms with Crippen LogP contribution in [0.25, 0.3) is 22.5 Å². The van der Waals surface area contributed by atoms with Crippen molar-refractivity contribution in [3.8, 4) is 28.3 Å². The van der Waals surface area contributed by atoms with Gasteiger partial charge >= 0.3 is 0 Å². The van der Waals surface area contributed by atoms with Gasteiger partial charge in [-0.05, 0) is 54.1 Å². The maximum Gasteiger partial charge on any atom is 0.166 e. The maximum absolute atomic E-state index is 13.8. The molecule has 2 aromatic heterocycles. The summed E-state index contributed by atoms with van der Waals surface area (Å²) >= 11 is 0. The lowest BCUT2D eigenvalue weighted by Crippen LogP contribution is -1.95. The first-order valence-electron chi connectivity index (χ1n) is 7.92. The Bertz CT molecular complexity index is 1070. The molecule has 0 fully saturated rings. The number of nitrogens with zero attached hydrogens (tertiary/aromatic N) is 3. The molecular formula is C20H14FN3O2. The molecule has 0 aliphatic carbocycles. The summed E-state index contributed by atoms with van der Waals surface area (Å²) < 4.78 is 17.4. The Hall–Kier alpha value is -3.67. The zero-order valence-electron chi connectivity index (χ0n) is 13.6. The molecule has 1 N–H and O–H groups in total. The van der Waals surface area contributed by atoms with Crippen molar-refractivity contribution in [2.45, 2.75) is 0 Å². The predicted molar refractivity (Wildman–Crippen MR) is 95.3 cm³/mol. The van der Waals surface area contributed by atoms with Crippen LogP contribution >= 0.6 is 0 Å². The molecule has 128 valence electrons. The van der Waals surface area contributed by atoms with Gasteiger partial charge < -0.3 is 9.67 Å². The highest BCUT2D eigenvalue weighted by Crippen LogP contribution is 2.28. The quantitative estimate of drug-likeness (QED) is 0.568. The molecule has 0 bridgehead atoms. The van der Waals surface area contributed by atoms with Gasteiger partial charge in [0.2, 0.25) is 0 Å². The average Bonchev–Trinajstić information content (AvgIpc) is 3.36. The maximum atomic E-state index is 13.8. The molecule has 0 saturated heterocycles. The van der Waals surface area contributed by atoms with Gasteiger partial charge in [-0.15, -0.1) is 0 Å². The fraction of sp³-hybridized carbons (Fsp3) is 0. The predicted octanol–water partition coefficient (Wildman–Crippen LogP) is 3.99. The van der Waals surface area contributed by atoms with Crippen LogP contribution in [-0.2, 0) is 0 Å². The third-order valence-corrected chi connectivity index (χ3v) is 4.15. The van der Waals surface area contributed by atoms with Crippen LogP contribution in [0.4, 0.5) is 4.39 Å². The minimum absolute atomic E-state index is 0.0937. The number of carbonyl (C=O) groups excluding carboxylic acids is 1. The summed E-state index contributed by atoms with van der Waals surface area (Å²) in [7, 11) is 0. The third-order valence-electron chi connectivity index (χ3n) is 4.15. The molecule has 0 saturated carbocycles. The van der Waals surface area contributed by atoms with E-state index in [1.54, 1.807) is 17.1 Å². The smallest absolute Gasteiger partial charge is 0.166 e. The molecule has 0 radical (unpaired) electrons. The summed E-state index contributed by atoms with van der Waals surface area (Å²) in [5.41, 5.74) is 2.90. The number of phenolic OH excluding ortho intramolecular Hbond substituents is 1. The van der Waals surface area contributed by atoms with E-state index in [0.29, 0.717) is 17.4 Å². The molecule has 0 aliphatic rings. The summed E-state index contributed by atoms with van der Waals surface area (Å²) in [6.07, 6.45) is 7.67. The number of aromatic nitrogens is 3. The van der Waals surface area contributed by atoms with Crippen molar-refractivity contribution in [3.63, 3.8) is 0 Å². The second kappa shape index (κ2) is 6.33. The number of aromatic hydroxyl groups is 1. The minimum Gasteiger partial charge on any atom is -0.504 e. The summed E-state index contributed by atoms with van der Waals surface area (Å²) in [5, 5.41) is 13.8. The van der Waals surface area contributed by atoms with Gasteiger partial charge in [0.05, 0.1) is 17.4 Å². The van der Waals surface area contributed by atoms with E-state index < -0.39 is 11.6 Å². The molecule has 5 nitrogen and oxygen atoms in total. The number of hydrogen-bond donors (Lipinski definition) is 1. The van der Waals surface area contributed by atoms with E-state index in [0.717, 1.165) is 11.4 Å². The van der Waals surface area contributed by atoms with Gasteiger partial charge in [0.15, 0.2) is 17.9 Å². The first-order valence-corrected chi connectivity index (χ1v) is 7.92. The normalized spacial score (nSPS) is 10.8. The third kappa shape index (κ3) is 2.77. The van der Waals surface area contributed by atoms with Crippen LogP contribution < -0.4 is 0 Å². The molecular weight excluding hydrogens is 333 g/mol. The summed E-state index contributed by atoms with van der Waals surface area (Å²) in [6.45, 7) is 0. The van der Waals surface area contributed by atoms with Gasteiger partial charge in [0.25, 0.3) is 0 Å². The van der Waals surface area contributed by atoms with Crippen molar-refractivity contribution in [2.24, 2.45) is 0 Å². The number of carbonyl (C=O) groups is 1. The van der Waals surface area contributed by atoms with Crippen molar-refractivity contribution in [2.75, 3.05) is 0 Å². The van der Waals surface area contributed by atoms with Crippen molar-refractivity contribution < 1.29 is 14.3 Å². The summed E-state index contributed by atoms with van der Waals surface area (Å²) in [6, 6.07) is 14.3. The Morgan fingerprint density at radius 2 is 1.69 bits per heavy atom. The zero-order chi connectivity index (χ0) is 18.1. The van der Waals surface area contributed by atoms with Crippen LogP contribution in [0.15, 0.2) is 73.3 Å².